The van der Waals surface area contributed by atoms with E-state index in [-0.39, 0.29) is 0 Å². The Labute approximate surface area is 122 Å². The molecule has 0 bridgehead atoms. The summed E-state index contributed by atoms with van der Waals surface area (Å²) in [4.78, 5) is 5.69. The number of thiazole rings is 1. The molecule has 3 heterocycles. The van der Waals surface area contributed by atoms with Gasteiger partial charge in [0.25, 0.3) is 0 Å². The minimum atomic E-state index is 0.360. The van der Waals surface area contributed by atoms with Crippen LogP contribution in [0.25, 0.3) is 4.96 Å². The average Bonchev–Trinajstić information content (AvgIpc) is 3.08. The lowest BCUT2D eigenvalue weighted by molar-refractivity contribution is 0.447. The van der Waals surface area contributed by atoms with Crippen molar-refractivity contribution in [3.8, 4) is 0 Å². The Balaban J connectivity index is 1.70. The van der Waals surface area contributed by atoms with E-state index in [2.05, 4.69) is 46.0 Å². The Hall–Kier alpha value is -1.66. The van der Waals surface area contributed by atoms with Crippen LogP contribution in [0.1, 0.15) is 24.0 Å². The van der Waals surface area contributed by atoms with E-state index in [4.69, 9.17) is 0 Å². The van der Waals surface area contributed by atoms with Crippen LogP contribution >= 0.6 is 11.3 Å². The van der Waals surface area contributed by atoms with Crippen LogP contribution in [-0.2, 0) is 13.1 Å². The van der Waals surface area contributed by atoms with Crippen LogP contribution in [0, 0.1) is 13.8 Å². The molecule has 20 heavy (non-hydrogen) atoms. The van der Waals surface area contributed by atoms with Crippen LogP contribution in [0.3, 0.4) is 0 Å². The normalized spacial score (nSPS) is 13.2. The predicted molar refractivity (Wildman–Crippen MR) is 81.1 cm³/mol. The number of aromatic nitrogens is 4. The summed E-state index contributed by atoms with van der Waals surface area (Å²) >= 11 is 1.70. The maximum Gasteiger partial charge on any atom is 0.194 e. The standard InChI is InChI=1S/C14H19N5S/c1-10(8-18-6-4-5-16-18)15-7-13-12(3)17-14-19(13)11(2)9-20-14/h4-6,9-10,15H,7-8H2,1-3H3. The largest absolute Gasteiger partial charge is 0.307 e. The Morgan fingerprint density at radius 3 is 3.00 bits per heavy atom. The van der Waals surface area contributed by atoms with Crippen LogP contribution in [0.2, 0.25) is 0 Å². The van der Waals surface area contributed by atoms with Gasteiger partial charge in [0.1, 0.15) is 0 Å². The first-order valence-electron chi connectivity index (χ1n) is 6.78. The fraction of sp³-hybridized carbons (Fsp3) is 0.429. The highest BCUT2D eigenvalue weighted by Gasteiger charge is 2.13. The second kappa shape index (κ2) is 5.38. The summed E-state index contributed by atoms with van der Waals surface area (Å²) in [6.45, 7) is 8.08. The van der Waals surface area contributed by atoms with Crippen molar-refractivity contribution >= 4 is 16.3 Å². The average molecular weight is 289 g/mol. The third-order valence-electron chi connectivity index (χ3n) is 3.47. The number of fused-ring (bicyclic) bond motifs is 1. The van der Waals surface area contributed by atoms with Gasteiger partial charge in [0.2, 0.25) is 0 Å². The van der Waals surface area contributed by atoms with E-state index >= 15 is 0 Å². The summed E-state index contributed by atoms with van der Waals surface area (Å²) in [7, 11) is 0. The van der Waals surface area contributed by atoms with E-state index in [0.29, 0.717) is 6.04 Å². The van der Waals surface area contributed by atoms with Crippen molar-refractivity contribution in [2.75, 3.05) is 0 Å². The number of nitrogens with zero attached hydrogens (tertiary/aromatic N) is 4. The number of aryl methyl sites for hydroxylation is 2. The fourth-order valence-electron chi connectivity index (χ4n) is 2.40. The predicted octanol–water partition coefficient (Wildman–Crippen LogP) is 2.39. The van der Waals surface area contributed by atoms with Crippen molar-refractivity contribution in [3.63, 3.8) is 0 Å². The molecule has 0 amide bonds. The van der Waals surface area contributed by atoms with Gasteiger partial charge >= 0.3 is 0 Å². The summed E-state index contributed by atoms with van der Waals surface area (Å²) in [6.07, 6.45) is 3.80. The van der Waals surface area contributed by atoms with Gasteiger partial charge in [-0.2, -0.15) is 5.10 Å². The van der Waals surface area contributed by atoms with Crippen LogP contribution < -0.4 is 5.32 Å². The molecular formula is C14H19N5S. The first-order valence-corrected chi connectivity index (χ1v) is 7.66. The van der Waals surface area contributed by atoms with Gasteiger partial charge in [0.15, 0.2) is 4.96 Å². The summed E-state index contributed by atoms with van der Waals surface area (Å²) in [5, 5.41) is 9.94. The van der Waals surface area contributed by atoms with Gasteiger partial charge in [-0.25, -0.2) is 4.98 Å². The Morgan fingerprint density at radius 1 is 1.40 bits per heavy atom. The minimum Gasteiger partial charge on any atom is -0.307 e. The minimum absolute atomic E-state index is 0.360. The zero-order valence-corrected chi connectivity index (χ0v) is 12.8. The van der Waals surface area contributed by atoms with E-state index in [1.54, 1.807) is 11.3 Å². The molecule has 0 aliphatic rings. The van der Waals surface area contributed by atoms with Crippen LogP contribution in [0.4, 0.5) is 0 Å². The zero-order valence-electron chi connectivity index (χ0n) is 12.0. The number of nitrogens with one attached hydrogen (secondary N) is 1. The lowest BCUT2D eigenvalue weighted by Gasteiger charge is -2.14. The molecule has 0 aliphatic carbocycles. The molecule has 3 aromatic rings. The Bertz CT molecular complexity index is 695. The van der Waals surface area contributed by atoms with Crippen LogP contribution in [-0.4, -0.2) is 25.2 Å². The molecule has 0 saturated heterocycles. The lowest BCUT2D eigenvalue weighted by Crippen LogP contribution is -2.30. The third kappa shape index (κ3) is 2.48. The van der Waals surface area contributed by atoms with E-state index in [1.165, 1.54) is 11.4 Å². The molecule has 5 nitrogen and oxygen atoms in total. The topological polar surface area (TPSA) is 47.1 Å². The second-order valence-electron chi connectivity index (χ2n) is 5.15. The number of rotatable bonds is 5. The van der Waals surface area contributed by atoms with Gasteiger partial charge in [0.05, 0.1) is 17.9 Å². The van der Waals surface area contributed by atoms with Crippen molar-refractivity contribution in [1.82, 2.24) is 24.5 Å². The smallest absolute Gasteiger partial charge is 0.194 e. The maximum atomic E-state index is 4.61. The number of hydrogen-bond donors (Lipinski definition) is 1. The first-order chi connectivity index (χ1) is 9.65. The summed E-state index contributed by atoms with van der Waals surface area (Å²) in [5.74, 6) is 0. The van der Waals surface area contributed by atoms with E-state index in [1.807, 2.05) is 23.1 Å². The van der Waals surface area contributed by atoms with E-state index < -0.39 is 0 Å². The van der Waals surface area contributed by atoms with Gasteiger partial charge in [-0.3, -0.25) is 9.08 Å². The molecule has 0 spiro atoms. The van der Waals surface area contributed by atoms with Crippen molar-refractivity contribution in [2.45, 2.75) is 39.9 Å². The fourth-order valence-corrected chi connectivity index (χ4v) is 3.33. The molecule has 1 unspecified atom stereocenters. The van der Waals surface area contributed by atoms with E-state index in [0.717, 1.165) is 23.7 Å². The second-order valence-corrected chi connectivity index (χ2v) is 5.99. The highest BCUT2D eigenvalue weighted by Crippen LogP contribution is 2.20. The summed E-state index contributed by atoms with van der Waals surface area (Å²) in [6, 6.07) is 2.31. The molecule has 0 fully saturated rings. The van der Waals surface area contributed by atoms with Crippen LogP contribution in [0.5, 0.6) is 0 Å². The molecule has 6 heteroatoms. The molecule has 0 aromatic carbocycles. The molecule has 3 aromatic heterocycles. The maximum absolute atomic E-state index is 4.61. The highest BCUT2D eigenvalue weighted by molar-refractivity contribution is 7.15. The van der Waals surface area contributed by atoms with Gasteiger partial charge in [-0.05, 0) is 26.8 Å². The van der Waals surface area contributed by atoms with Crippen molar-refractivity contribution < 1.29 is 0 Å². The summed E-state index contributed by atoms with van der Waals surface area (Å²) < 4.78 is 4.19. The van der Waals surface area contributed by atoms with Gasteiger partial charge < -0.3 is 5.32 Å². The third-order valence-corrected chi connectivity index (χ3v) is 4.41. The quantitative estimate of drug-likeness (QED) is 0.784. The molecule has 0 aliphatic heterocycles. The molecule has 1 N–H and O–H groups in total. The Morgan fingerprint density at radius 2 is 2.25 bits per heavy atom. The molecule has 106 valence electrons. The lowest BCUT2D eigenvalue weighted by atomic mass is 10.3. The molecular weight excluding hydrogens is 270 g/mol. The molecule has 1 atom stereocenters. The van der Waals surface area contributed by atoms with Gasteiger partial charge in [0, 0.05) is 36.1 Å². The summed E-state index contributed by atoms with van der Waals surface area (Å²) in [5.41, 5.74) is 3.62. The van der Waals surface area contributed by atoms with Gasteiger partial charge in [-0.1, -0.05) is 0 Å². The zero-order chi connectivity index (χ0) is 14.1. The van der Waals surface area contributed by atoms with E-state index in [9.17, 15) is 0 Å². The first kappa shape index (κ1) is 13.3. The molecule has 0 saturated carbocycles. The molecule has 0 radical (unpaired) electrons. The number of hydrogen-bond acceptors (Lipinski definition) is 4. The SMILES string of the molecule is Cc1nc2scc(C)n2c1CNC(C)Cn1cccn1. The highest BCUT2D eigenvalue weighted by atomic mass is 32.1. The number of imidazole rings is 1. The van der Waals surface area contributed by atoms with Crippen molar-refractivity contribution in [1.29, 1.82) is 0 Å². The van der Waals surface area contributed by atoms with Crippen LogP contribution in [0.15, 0.2) is 23.8 Å². The van der Waals surface area contributed by atoms with Crippen molar-refractivity contribution in [2.24, 2.45) is 0 Å². The van der Waals surface area contributed by atoms with Gasteiger partial charge in [-0.15, -0.1) is 11.3 Å². The molecule has 3 rings (SSSR count). The Kier molecular flexibility index (Phi) is 3.58. The van der Waals surface area contributed by atoms with Crippen molar-refractivity contribution in [3.05, 3.63) is 40.9 Å². The monoisotopic (exact) mass is 289 g/mol.